The smallest absolute Gasteiger partial charge is 0.417 e. The van der Waals surface area contributed by atoms with Crippen LogP contribution in [0.2, 0.25) is 0 Å². The summed E-state index contributed by atoms with van der Waals surface area (Å²) in [6.45, 7) is 2.84. The van der Waals surface area contributed by atoms with Crippen LogP contribution in [0.4, 0.5) is 27.6 Å². The molecule has 2 N–H and O–H groups in total. The van der Waals surface area contributed by atoms with Crippen molar-refractivity contribution in [2.45, 2.75) is 56.8 Å². The van der Waals surface area contributed by atoms with Crippen LogP contribution in [0.5, 0.6) is 5.75 Å². The molecular weight excluding hydrogens is 685 g/mol. The van der Waals surface area contributed by atoms with Gasteiger partial charge in [-0.2, -0.15) is 13.2 Å². The summed E-state index contributed by atoms with van der Waals surface area (Å²) in [5.74, 6) is -3.41. The molecule has 5 heterocycles. The number of carbonyl (C=O) groups is 2. The summed E-state index contributed by atoms with van der Waals surface area (Å²) in [5.41, 5.74) is -1.38. The summed E-state index contributed by atoms with van der Waals surface area (Å²) < 4.78 is 83.8. The van der Waals surface area contributed by atoms with Crippen molar-refractivity contribution < 1.29 is 41.4 Å². The standard InChI is InChI=1S/C38H34F5N5O4/c1-20-44-33-27(46(20)2)19-24(38(41,42)43)31-23-6-3-14-48-28(18-21(34(23)48)9-15-52-36(31)33)35(50)22-16-25(39)32(26(40)17-22)45-30(49)8-5-13-47-12-4-7-29(47)37(51)10-11-37/h3,5-6,8,14,16-19,29,51H,4,7,9-13,15H2,1-2H3,(H,45,49)/b8-5+/t29-/m0/s1. The van der Waals surface area contributed by atoms with E-state index in [9.17, 15) is 27.9 Å². The van der Waals surface area contributed by atoms with Gasteiger partial charge in [0.1, 0.15) is 28.7 Å². The minimum Gasteiger partial charge on any atom is -0.490 e. The Morgan fingerprint density at radius 1 is 1.15 bits per heavy atom. The van der Waals surface area contributed by atoms with E-state index in [-0.39, 0.29) is 58.2 Å². The predicted molar refractivity (Wildman–Crippen MR) is 182 cm³/mol. The number of anilines is 1. The number of ether oxygens (including phenoxy) is 1. The molecule has 2 fully saturated rings. The molecule has 2 aromatic carbocycles. The van der Waals surface area contributed by atoms with Gasteiger partial charge >= 0.3 is 6.18 Å². The largest absolute Gasteiger partial charge is 0.490 e. The van der Waals surface area contributed by atoms with E-state index in [1.165, 1.54) is 34.9 Å². The van der Waals surface area contributed by atoms with Crippen LogP contribution in [-0.4, -0.2) is 67.0 Å². The van der Waals surface area contributed by atoms with Crippen molar-refractivity contribution in [3.63, 3.8) is 0 Å². The molecule has 0 radical (unpaired) electrons. The number of amides is 1. The number of pyridine rings is 1. The van der Waals surface area contributed by atoms with Crippen LogP contribution in [-0.2, 0) is 24.4 Å². The Morgan fingerprint density at radius 2 is 1.90 bits per heavy atom. The molecule has 0 bridgehead atoms. The lowest BCUT2D eigenvalue weighted by Gasteiger charge is -2.27. The maximum Gasteiger partial charge on any atom is 0.417 e. The Bertz CT molecular complexity index is 2310. The number of nitrogens with one attached hydrogen (secondary N) is 1. The molecule has 0 spiro atoms. The van der Waals surface area contributed by atoms with Crippen molar-refractivity contribution in [2.75, 3.05) is 25.0 Å². The number of aliphatic hydroxyl groups is 1. The van der Waals surface area contributed by atoms with Crippen LogP contribution in [0, 0.1) is 18.6 Å². The van der Waals surface area contributed by atoms with Gasteiger partial charge in [0, 0.05) is 55.0 Å². The summed E-state index contributed by atoms with van der Waals surface area (Å²) >= 11 is 0. The average molecular weight is 720 g/mol. The van der Waals surface area contributed by atoms with Gasteiger partial charge in [-0.25, -0.2) is 13.8 Å². The van der Waals surface area contributed by atoms with E-state index in [2.05, 4.69) is 15.2 Å². The van der Waals surface area contributed by atoms with Crippen molar-refractivity contribution in [3.8, 4) is 16.9 Å². The zero-order valence-electron chi connectivity index (χ0n) is 28.3. The predicted octanol–water partition coefficient (Wildman–Crippen LogP) is 6.75. The van der Waals surface area contributed by atoms with Gasteiger partial charge in [0.25, 0.3) is 0 Å². The number of aryl methyl sites for hydroxylation is 2. The van der Waals surface area contributed by atoms with Gasteiger partial charge in [-0.3, -0.25) is 14.5 Å². The van der Waals surface area contributed by atoms with Gasteiger partial charge in [-0.15, -0.1) is 0 Å². The second-order valence-electron chi connectivity index (χ2n) is 13.8. The maximum absolute atomic E-state index is 15.3. The molecule has 1 atom stereocenters. The van der Waals surface area contributed by atoms with E-state index in [1.807, 2.05) is 0 Å². The summed E-state index contributed by atoms with van der Waals surface area (Å²) in [6.07, 6.45) is 3.02. The van der Waals surface area contributed by atoms with Crippen molar-refractivity contribution in [1.82, 2.24) is 18.9 Å². The number of imidazole rings is 1. The van der Waals surface area contributed by atoms with E-state index in [4.69, 9.17) is 4.74 Å². The Labute approximate surface area is 294 Å². The zero-order valence-corrected chi connectivity index (χ0v) is 28.3. The highest BCUT2D eigenvalue weighted by Crippen LogP contribution is 2.49. The number of fused-ring (bicyclic) bond motifs is 4. The fourth-order valence-corrected chi connectivity index (χ4v) is 7.76. The summed E-state index contributed by atoms with van der Waals surface area (Å²) in [4.78, 5) is 33.1. The Kier molecular flexibility index (Phi) is 8.03. The van der Waals surface area contributed by atoms with Crippen LogP contribution >= 0.6 is 0 Å². The molecule has 0 unspecified atom stereocenters. The normalized spacial score (nSPS) is 18.4. The van der Waals surface area contributed by atoms with E-state index < -0.39 is 46.4 Å². The second kappa shape index (κ2) is 12.3. The van der Waals surface area contributed by atoms with E-state index in [0.717, 1.165) is 50.4 Å². The van der Waals surface area contributed by atoms with E-state index in [0.29, 0.717) is 23.4 Å². The molecule has 1 amide bonds. The number of hydrogen-bond donors (Lipinski definition) is 2. The fourth-order valence-electron chi connectivity index (χ4n) is 7.76. The van der Waals surface area contributed by atoms with Gasteiger partial charge in [0.05, 0.1) is 34.5 Å². The third kappa shape index (κ3) is 5.64. The molecule has 2 aliphatic heterocycles. The first kappa shape index (κ1) is 34.0. The minimum absolute atomic E-state index is 0.0185. The third-order valence-corrected chi connectivity index (χ3v) is 10.6. The highest BCUT2D eigenvalue weighted by Gasteiger charge is 2.51. The molecule has 8 rings (SSSR count). The lowest BCUT2D eigenvalue weighted by atomic mass is 9.94. The number of ketones is 1. The van der Waals surface area contributed by atoms with Crippen LogP contribution in [0.15, 0.2) is 54.7 Å². The number of aromatic nitrogens is 3. The van der Waals surface area contributed by atoms with Gasteiger partial charge in [0.15, 0.2) is 5.75 Å². The first-order valence-electron chi connectivity index (χ1n) is 17.1. The van der Waals surface area contributed by atoms with E-state index >= 15 is 8.78 Å². The van der Waals surface area contributed by atoms with Crippen molar-refractivity contribution in [2.24, 2.45) is 7.05 Å². The molecule has 52 heavy (non-hydrogen) atoms. The van der Waals surface area contributed by atoms with Crippen molar-refractivity contribution in [3.05, 3.63) is 94.6 Å². The zero-order chi connectivity index (χ0) is 36.7. The first-order chi connectivity index (χ1) is 24.7. The SMILES string of the molecule is Cc1nc2c3c(c(C(F)(F)F)cc2n1C)-c1cccn2c(C(=O)c4cc(F)c(NC(=O)/C=C/CN5CCC[C@H]5C5(O)CC5)c(F)c4)cc(c12)CCO3. The van der Waals surface area contributed by atoms with Crippen molar-refractivity contribution >= 4 is 33.9 Å². The monoisotopic (exact) mass is 719 g/mol. The molecule has 5 aromatic rings. The first-order valence-corrected chi connectivity index (χ1v) is 17.1. The van der Waals surface area contributed by atoms with E-state index in [1.54, 1.807) is 24.6 Å². The lowest BCUT2D eigenvalue weighted by Crippen LogP contribution is -2.40. The van der Waals surface area contributed by atoms with Gasteiger partial charge in [-0.1, -0.05) is 12.1 Å². The molecule has 1 aliphatic carbocycles. The average Bonchev–Trinajstić information content (AvgIpc) is 3.38. The Morgan fingerprint density at radius 3 is 2.62 bits per heavy atom. The lowest BCUT2D eigenvalue weighted by molar-refractivity contribution is -0.137. The molecule has 1 saturated heterocycles. The van der Waals surface area contributed by atoms with Crippen molar-refractivity contribution in [1.29, 1.82) is 0 Å². The number of halogens is 5. The number of rotatable bonds is 7. The molecular formula is C38H34F5N5O4. The Hall–Kier alpha value is -5.08. The third-order valence-electron chi connectivity index (χ3n) is 10.6. The van der Waals surface area contributed by atoms with Crippen LogP contribution in [0.1, 0.15) is 58.7 Å². The van der Waals surface area contributed by atoms with Crippen LogP contribution < -0.4 is 10.1 Å². The number of likely N-dealkylation sites (tertiary alicyclic amines) is 1. The topological polar surface area (TPSA) is 101 Å². The quantitative estimate of drug-likeness (QED) is 0.110. The highest BCUT2D eigenvalue weighted by molar-refractivity contribution is 6.10. The van der Waals surface area contributed by atoms with Gasteiger partial charge < -0.3 is 24.1 Å². The molecule has 1 saturated carbocycles. The van der Waals surface area contributed by atoms with Gasteiger partial charge in [0.2, 0.25) is 11.7 Å². The molecule has 3 aliphatic rings. The molecule has 9 nitrogen and oxygen atoms in total. The number of carbonyl (C=O) groups excluding carboxylic acids is 2. The number of benzene rings is 2. The number of alkyl halides is 3. The second-order valence-corrected chi connectivity index (χ2v) is 13.8. The van der Waals surface area contributed by atoms with Gasteiger partial charge in [-0.05, 0) is 75.0 Å². The minimum atomic E-state index is -4.77. The van der Waals surface area contributed by atoms with Crippen LogP contribution in [0.25, 0.3) is 27.7 Å². The van der Waals surface area contributed by atoms with Crippen LogP contribution in [0.3, 0.4) is 0 Å². The summed E-state index contributed by atoms with van der Waals surface area (Å²) in [6, 6.07) is 7.21. The fraction of sp³-hybridized carbons (Fsp3) is 0.342. The number of nitrogens with zero attached hydrogens (tertiary/aromatic N) is 4. The summed E-state index contributed by atoms with van der Waals surface area (Å²) in [5, 5.41) is 12.7. The maximum atomic E-state index is 15.3. The molecule has 14 heteroatoms. The molecule has 3 aromatic heterocycles. The molecule has 270 valence electrons. The Balaban J connectivity index is 1.11. The highest BCUT2D eigenvalue weighted by atomic mass is 19.4. The summed E-state index contributed by atoms with van der Waals surface area (Å²) in [7, 11) is 1.63. The number of hydrogen-bond acceptors (Lipinski definition) is 6.